The summed E-state index contributed by atoms with van der Waals surface area (Å²) >= 11 is 6.12. The fraction of sp³-hybridized carbons (Fsp3) is 0.381. The van der Waals surface area contributed by atoms with E-state index in [2.05, 4.69) is 32.5 Å². The SMILES string of the molecule is CCC[C@@H](CO)Nc1nc(NCc2ccc(OC)cc2OC)nc2cc(Cl)cnc12. The normalized spacial score (nSPS) is 11.9. The van der Waals surface area contributed by atoms with Gasteiger partial charge in [-0.1, -0.05) is 24.9 Å². The fourth-order valence-corrected chi connectivity index (χ4v) is 3.25. The Kier molecular flexibility index (Phi) is 7.48. The maximum Gasteiger partial charge on any atom is 0.225 e. The van der Waals surface area contributed by atoms with Crippen molar-refractivity contribution in [2.75, 3.05) is 31.5 Å². The van der Waals surface area contributed by atoms with Crippen molar-refractivity contribution < 1.29 is 14.6 Å². The molecule has 0 aliphatic heterocycles. The molecular weight excluding hydrogens is 406 g/mol. The van der Waals surface area contributed by atoms with Crippen molar-refractivity contribution in [3.63, 3.8) is 0 Å². The highest BCUT2D eigenvalue weighted by Gasteiger charge is 2.14. The molecule has 160 valence electrons. The van der Waals surface area contributed by atoms with Crippen LogP contribution in [-0.2, 0) is 6.54 Å². The molecule has 0 amide bonds. The summed E-state index contributed by atoms with van der Waals surface area (Å²) in [4.78, 5) is 13.5. The summed E-state index contributed by atoms with van der Waals surface area (Å²) in [5.74, 6) is 2.39. The second-order valence-corrected chi connectivity index (χ2v) is 7.20. The summed E-state index contributed by atoms with van der Waals surface area (Å²) < 4.78 is 10.7. The second-order valence-electron chi connectivity index (χ2n) is 6.76. The van der Waals surface area contributed by atoms with E-state index < -0.39 is 0 Å². The summed E-state index contributed by atoms with van der Waals surface area (Å²) in [6.07, 6.45) is 3.30. The molecule has 8 nitrogen and oxygen atoms in total. The van der Waals surface area contributed by atoms with Gasteiger partial charge in [0.15, 0.2) is 5.82 Å². The Labute approximate surface area is 180 Å². The van der Waals surface area contributed by atoms with Crippen molar-refractivity contribution in [1.29, 1.82) is 0 Å². The molecule has 9 heteroatoms. The van der Waals surface area contributed by atoms with E-state index >= 15 is 0 Å². The van der Waals surface area contributed by atoms with Gasteiger partial charge in [-0.2, -0.15) is 4.98 Å². The number of rotatable bonds is 10. The van der Waals surface area contributed by atoms with E-state index in [4.69, 9.17) is 21.1 Å². The Balaban J connectivity index is 1.90. The van der Waals surface area contributed by atoms with Crippen molar-refractivity contribution in [3.8, 4) is 11.5 Å². The van der Waals surface area contributed by atoms with Gasteiger partial charge >= 0.3 is 0 Å². The minimum Gasteiger partial charge on any atom is -0.497 e. The number of halogens is 1. The van der Waals surface area contributed by atoms with Crippen molar-refractivity contribution in [2.24, 2.45) is 0 Å². The summed E-state index contributed by atoms with van der Waals surface area (Å²) in [7, 11) is 3.23. The van der Waals surface area contributed by atoms with Crippen molar-refractivity contribution in [1.82, 2.24) is 15.0 Å². The van der Waals surface area contributed by atoms with Crippen LogP contribution in [0.5, 0.6) is 11.5 Å². The number of nitrogens with one attached hydrogen (secondary N) is 2. The molecule has 1 aromatic carbocycles. The first-order valence-corrected chi connectivity index (χ1v) is 10.1. The van der Waals surface area contributed by atoms with Gasteiger partial charge in [-0.3, -0.25) is 0 Å². The van der Waals surface area contributed by atoms with Crippen molar-refractivity contribution in [2.45, 2.75) is 32.4 Å². The number of hydrogen-bond acceptors (Lipinski definition) is 8. The third-order valence-corrected chi connectivity index (χ3v) is 4.84. The number of anilines is 2. The third kappa shape index (κ3) is 5.20. The van der Waals surface area contributed by atoms with Crippen LogP contribution in [-0.4, -0.2) is 46.9 Å². The van der Waals surface area contributed by atoms with E-state index in [0.717, 1.165) is 24.2 Å². The number of hydrogen-bond donors (Lipinski definition) is 3. The molecule has 0 unspecified atom stereocenters. The fourth-order valence-electron chi connectivity index (χ4n) is 3.10. The molecule has 0 radical (unpaired) electrons. The topological polar surface area (TPSA) is 101 Å². The molecule has 0 saturated heterocycles. The maximum atomic E-state index is 9.67. The van der Waals surface area contributed by atoms with Crippen molar-refractivity contribution in [3.05, 3.63) is 41.0 Å². The van der Waals surface area contributed by atoms with E-state index in [0.29, 0.717) is 40.1 Å². The highest BCUT2D eigenvalue weighted by atomic mass is 35.5. The summed E-state index contributed by atoms with van der Waals surface area (Å²) in [5, 5.41) is 16.7. The lowest BCUT2D eigenvalue weighted by Crippen LogP contribution is -2.24. The highest BCUT2D eigenvalue weighted by molar-refractivity contribution is 6.31. The number of ether oxygens (including phenoxy) is 2. The van der Waals surface area contributed by atoms with Gasteiger partial charge in [0, 0.05) is 24.4 Å². The molecule has 0 bridgehead atoms. The predicted octanol–water partition coefficient (Wildman–Crippen LogP) is 3.88. The van der Waals surface area contributed by atoms with E-state index in [9.17, 15) is 5.11 Å². The van der Waals surface area contributed by atoms with Gasteiger partial charge in [0.2, 0.25) is 5.95 Å². The Hall–Kier alpha value is -2.84. The molecule has 0 aliphatic carbocycles. The van der Waals surface area contributed by atoms with E-state index in [-0.39, 0.29) is 12.6 Å². The number of fused-ring (bicyclic) bond motifs is 1. The van der Waals surface area contributed by atoms with Crippen LogP contribution >= 0.6 is 11.6 Å². The molecule has 2 heterocycles. The number of methoxy groups -OCH3 is 2. The molecule has 1 atom stereocenters. The quantitative estimate of drug-likeness (QED) is 0.444. The highest BCUT2D eigenvalue weighted by Crippen LogP contribution is 2.27. The Morgan fingerprint density at radius 1 is 1.17 bits per heavy atom. The minimum absolute atomic E-state index is 0.00126. The summed E-state index contributed by atoms with van der Waals surface area (Å²) in [5.41, 5.74) is 2.14. The van der Waals surface area contributed by atoms with Crippen LogP contribution in [0.1, 0.15) is 25.3 Å². The Morgan fingerprint density at radius 2 is 2.00 bits per heavy atom. The molecule has 3 aromatic rings. The number of pyridine rings is 1. The molecule has 3 rings (SSSR count). The van der Waals surface area contributed by atoms with E-state index in [1.165, 1.54) is 0 Å². The van der Waals surface area contributed by atoms with Crippen LogP contribution < -0.4 is 20.1 Å². The third-order valence-electron chi connectivity index (χ3n) is 4.63. The standard InChI is InChI=1S/C21H26ClN5O3/c1-4-5-15(12-28)25-20-19-17(8-14(22)11-23-19)26-21(27-20)24-10-13-6-7-16(29-2)9-18(13)30-3/h6-9,11,15,28H,4-5,10,12H2,1-3H3,(H2,24,25,26,27)/t15-/m0/s1. The maximum absolute atomic E-state index is 9.67. The van der Waals surface area contributed by atoms with Gasteiger partial charge in [-0.15, -0.1) is 0 Å². The zero-order valence-corrected chi connectivity index (χ0v) is 18.0. The molecule has 2 aromatic heterocycles. The lowest BCUT2D eigenvalue weighted by atomic mass is 10.2. The van der Waals surface area contributed by atoms with E-state index in [1.807, 2.05) is 18.2 Å². The van der Waals surface area contributed by atoms with Gasteiger partial charge in [-0.25, -0.2) is 9.97 Å². The molecule has 0 aliphatic rings. The van der Waals surface area contributed by atoms with Crippen LogP contribution in [0.15, 0.2) is 30.5 Å². The predicted molar refractivity (Wildman–Crippen MR) is 119 cm³/mol. The first-order valence-electron chi connectivity index (χ1n) is 9.73. The van der Waals surface area contributed by atoms with Gasteiger partial charge in [0.05, 0.1) is 37.4 Å². The smallest absolute Gasteiger partial charge is 0.225 e. The van der Waals surface area contributed by atoms with Gasteiger partial charge in [-0.05, 0) is 24.6 Å². The number of aliphatic hydroxyl groups is 1. The second kappa shape index (κ2) is 10.3. The summed E-state index contributed by atoms with van der Waals surface area (Å²) in [6.45, 7) is 2.51. The molecule has 3 N–H and O–H groups in total. The first kappa shape index (κ1) is 21.9. The average Bonchev–Trinajstić information content (AvgIpc) is 2.76. The molecular formula is C21H26ClN5O3. The molecule has 0 fully saturated rings. The first-order chi connectivity index (χ1) is 14.6. The van der Waals surface area contributed by atoms with E-state index in [1.54, 1.807) is 26.5 Å². The average molecular weight is 432 g/mol. The zero-order valence-electron chi connectivity index (χ0n) is 17.3. The Bertz CT molecular complexity index is 1000. The van der Waals surface area contributed by atoms with Gasteiger partial charge in [0.25, 0.3) is 0 Å². The largest absolute Gasteiger partial charge is 0.497 e. The van der Waals surface area contributed by atoms with Crippen LogP contribution in [0.2, 0.25) is 5.02 Å². The van der Waals surface area contributed by atoms with Gasteiger partial charge in [0.1, 0.15) is 17.0 Å². The number of aliphatic hydroxyl groups excluding tert-OH is 1. The van der Waals surface area contributed by atoms with Gasteiger partial charge < -0.3 is 25.2 Å². The molecule has 0 spiro atoms. The lowest BCUT2D eigenvalue weighted by molar-refractivity contribution is 0.268. The number of aromatic nitrogens is 3. The monoisotopic (exact) mass is 431 g/mol. The van der Waals surface area contributed by atoms with Crippen LogP contribution in [0, 0.1) is 0 Å². The van der Waals surface area contributed by atoms with Crippen LogP contribution in [0.4, 0.5) is 11.8 Å². The molecule has 30 heavy (non-hydrogen) atoms. The zero-order chi connectivity index (χ0) is 21.5. The number of nitrogens with zero attached hydrogens (tertiary/aromatic N) is 3. The lowest BCUT2D eigenvalue weighted by Gasteiger charge is -2.18. The summed E-state index contributed by atoms with van der Waals surface area (Å²) in [6, 6.07) is 7.23. The Morgan fingerprint density at radius 3 is 2.70 bits per heavy atom. The van der Waals surface area contributed by atoms with Crippen LogP contribution in [0.25, 0.3) is 11.0 Å². The minimum atomic E-state index is -0.125. The van der Waals surface area contributed by atoms with Crippen LogP contribution in [0.3, 0.4) is 0 Å². The van der Waals surface area contributed by atoms with Crippen molar-refractivity contribution >= 4 is 34.4 Å². The number of benzene rings is 1. The molecule has 0 saturated carbocycles.